The van der Waals surface area contributed by atoms with E-state index in [0.717, 1.165) is 0 Å². The molecule has 5 heteroatoms. The minimum Gasteiger partial charge on any atom is -0.460 e. The van der Waals surface area contributed by atoms with Crippen molar-refractivity contribution in [2.75, 3.05) is 0 Å². The van der Waals surface area contributed by atoms with E-state index in [4.69, 9.17) is 9.47 Å². The summed E-state index contributed by atoms with van der Waals surface area (Å²) in [4.78, 5) is 23.8. The first-order valence-corrected chi connectivity index (χ1v) is 6.96. The van der Waals surface area contributed by atoms with Gasteiger partial charge in [0.05, 0.1) is 16.4 Å². The Hall–Kier alpha value is -1.78. The lowest BCUT2D eigenvalue weighted by molar-refractivity contribution is -0.154. The highest BCUT2D eigenvalue weighted by Crippen LogP contribution is 2.25. The Balaban J connectivity index is 2.82. The summed E-state index contributed by atoms with van der Waals surface area (Å²) >= 11 is 0. The molecule has 0 spiro atoms. The van der Waals surface area contributed by atoms with Crippen molar-refractivity contribution < 1.29 is 19.1 Å². The average Bonchev–Trinajstić information content (AvgIpc) is 2.65. The number of rotatable bonds is 3. The van der Waals surface area contributed by atoms with Crippen LogP contribution in [0.15, 0.2) is 12.3 Å². The Morgan fingerprint density at radius 1 is 1.05 bits per heavy atom. The van der Waals surface area contributed by atoms with Gasteiger partial charge in [0.2, 0.25) is 5.88 Å². The fourth-order valence-electron chi connectivity index (χ4n) is 1.42. The van der Waals surface area contributed by atoms with E-state index in [-0.39, 0.29) is 18.5 Å². The third-order valence-corrected chi connectivity index (χ3v) is 2.87. The Bertz CT molecular complexity index is 529. The van der Waals surface area contributed by atoms with E-state index < -0.39 is 10.8 Å². The number of aromatic nitrogens is 1. The Kier molecular flexibility index (Phi) is 4.87. The second-order valence-electron chi connectivity index (χ2n) is 7.22. The van der Waals surface area contributed by atoms with Crippen LogP contribution in [0.3, 0.4) is 0 Å². The molecule has 0 unspecified atom stereocenters. The SMILES string of the molecule is Cn1ccc(COC(=O)C(C)(C)C)c1OC(=O)C(C)(C)C. The lowest BCUT2D eigenvalue weighted by Crippen LogP contribution is -2.27. The van der Waals surface area contributed by atoms with E-state index in [1.807, 2.05) is 0 Å². The Labute approximate surface area is 126 Å². The molecule has 0 N–H and O–H groups in total. The fraction of sp³-hybridized carbons (Fsp3) is 0.625. The highest BCUT2D eigenvalue weighted by atomic mass is 16.6. The maximum atomic E-state index is 12.0. The second-order valence-corrected chi connectivity index (χ2v) is 7.22. The van der Waals surface area contributed by atoms with Gasteiger partial charge in [-0.15, -0.1) is 0 Å². The largest absolute Gasteiger partial charge is 0.460 e. The second kappa shape index (κ2) is 5.92. The summed E-state index contributed by atoms with van der Waals surface area (Å²) in [6.45, 7) is 10.8. The molecule has 0 atom stereocenters. The van der Waals surface area contributed by atoms with Gasteiger partial charge in [-0.2, -0.15) is 0 Å². The molecular formula is C16H25NO4. The predicted octanol–water partition coefficient (Wildman–Crippen LogP) is 3.07. The maximum absolute atomic E-state index is 12.0. The molecule has 0 aliphatic rings. The van der Waals surface area contributed by atoms with Crippen LogP contribution in [0.25, 0.3) is 0 Å². The molecule has 0 amide bonds. The number of ether oxygens (including phenoxy) is 2. The number of aryl methyl sites for hydroxylation is 1. The van der Waals surface area contributed by atoms with Crippen molar-refractivity contribution in [3.05, 3.63) is 17.8 Å². The molecule has 1 heterocycles. The summed E-state index contributed by atoms with van der Waals surface area (Å²) < 4.78 is 12.4. The summed E-state index contributed by atoms with van der Waals surface area (Å²) in [5.74, 6) is -0.205. The van der Waals surface area contributed by atoms with Crippen LogP contribution in [0, 0.1) is 10.8 Å². The Morgan fingerprint density at radius 2 is 1.57 bits per heavy atom. The smallest absolute Gasteiger partial charge is 0.317 e. The molecular weight excluding hydrogens is 270 g/mol. The van der Waals surface area contributed by atoms with Crippen molar-refractivity contribution in [2.45, 2.75) is 48.1 Å². The van der Waals surface area contributed by atoms with E-state index in [1.54, 1.807) is 65.4 Å². The average molecular weight is 295 g/mol. The molecule has 5 nitrogen and oxygen atoms in total. The topological polar surface area (TPSA) is 57.5 Å². The maximum Gasteiger partial charge on any atom is 0.317 e. The quantitative estimate of drug-likeness (QED) is 0.804. The summed E-state index contributed by atoms with van der Waals surface area (Å²) in [5, 5.41) is 0. The van der Waals surface area contributed by atoms with Crippen LogP contribution in [0.2, 0.25) is 0 Å². The first-order chi connectivity index (χ1) is 9.43. The van der Waals surface area contributed by atoms with Gasteiger partial charge in [0.25, 0.3) is 0 Å². The molecule has 0 aliphatic carbocycles. The number of hydrogen-bond donors (Lipinski definition) is 0. The first kappa shape index (κ1) is 17.3. The highest BCUT2D eigenvalue weighted by molar-refractivity contribution is 5.78. The third-order valence-electron chi connectivity index (χ3n) is 2.87. The molecule has 1 aromatic heterocycles. The number of nitrogens with zero attached hydrogens (tertiary/aromatic N) is 1. The summed E-state index contributed by atoms with van der Waals surface area (Å²) in [6, 6.07) is 1.78. The number of esters is 2. The van der Waals surface area contributed by atoms with Crippen molar-refractivity contribution >= 4 is 11.9 Å². The standard InChI is InChI=1S/C16H25NO4/c1-15(2,3)13(18)20-10-11-8-9-17(7)12(11)21-14(19)16(4,5)6/h8-9H,10H2,1-7H3. The number of carbonyl (C=O) groups excluding carboxylic acids is 2. The van der Waals surface area contributed by atoms with Crippen LogP contribution in [-0.4, -0.2) is 16.5 Å². The van der Waals surface area contributed by atoms with E-state index >= 15 is 0 Å². The van der Waals surface area contributed by atoms with Gasteiger partial charge < -0.3 is 14.0 Å². The number of hydrogen-bond acceptors (Lipinski definition) is 4. The molecule has 0 saturated carbocycles. The molecule has 0 saturated heterocycles. The van der Waals surface area contributed by atoms with Gasteiger partial charge in [-0.25, -0.2) is 0 Å². The zero-order valence-corrected chi connectivity index (χ0v) is 13.9. The van der Waals surface area contributed by atoms with Crippen molar-refractivity contribution in [3.63, 3.8) is 0 Å². The zero-order chi connectivity index (χ0) is 16.4. The lowest BCUT2D eigenvalue weighted by Gasteiger charge is -2.19. The van der Waals surface area contributed by atoms with Crippen LogP contribution >= 0.6 is 0 Å². The van der Waals surface area contributed by atoms with E-state index in [0.29, 0.717) is 11.4 Å². The molecule has 21 heavy (non-hydrogen) atoms. The third kappa shape index (κ3) is 4.62. The molecule has 118 valence electrons. The van der Waals surface area contributed by atoms with Crippen LogP contribution in [-0.2, 0) is 28.0 Å². The summed E-state index contributed by atoms with van der Waals surface area (Å²) in [7, 11) is 1.78. The van der Waals surface area contributed by atoms with E-state index in [1.165, 1.54) is 0 Å². The fourth-order valence-corrected chi connectivity index (χ4v) is 1.42. The minimum absolute atomic E-state index is 0.0870. The van der Waals surface area contributed by atoms with E-state index in [9.17, 15) is 9.59 Å². The molecule has 1 rings (SSSR count). The molecule has 1 aromatic rings. The molecule has 0 aliphatic heterocycles. The van der Waals surface area contributed by atoms with Crippen molar-refractivity contribution in [1.29, 1.82) is 0 Å². The zero-order valence-electron chi connectivity index (χ0n) is 13.9. The van der Waals surface area contributed by atoms with Crippen molar-refractivity contribution in [1.82, 2.24) is 4.57 Å². The van der Waals surface area contributed by atoms with Gasteiger partial charge in [0.1, 0.15) is 6.61 Å². The van der Waals surface area contributed by atoms with Crippen molar-refractivity contribution in [3.8, 4) is 5.88 Å². The van der Waals surface area contributed by atoms with Crippen molar-refractivity contribution in [2.24, 2.45) is 17.9 Å². The first-order valence-electron chi connectivity index (χ1n) is 6.96. The van der Waals surface area contributed by atoms with Gasteiger partial charge in [-0.05, 0) is 47.6 Å². The van der Waals surface area contributed by atoms with Gasteiger partial charge in [-0.3, -0.25) is 9.59 Å². The monoisotopic (exact) mass is 295 g/mol. The van der Waals surface area contributed by atoms with Crippen LogP contribution < -0.4 is 4.74 Å². The van der Waals surface area contributed by atoms with Crippen LogP contribution in [0.1, 0.15) is 47.1 Å². The highest BCUT2D eigenvalue weighted by Gasteiger charge is 2.27. The van der Waals surface area contributed by atoms with Crippen LogP contribution in [0.4, 0.5) is 0 Å². The predicted molar refractivity (Wildman–Crippen MR) is 79.8 cm³/mol. The normalized spacial score (nSPS) is 12.1. The lowest BCUT2D eigenvalue weighted by atomic mass is 9.97. The van der Waals surface area contributed by atoms with Gasteiger partial charge >= 0.3 is 11.9 Å². The number of carbonyl (C=O) groups is 2. The molecule has 0 fully saturated rings. The Morgan fingerprint density at radius 3 is 2.05 bits per heavy atom. The summed E-state index contributed by atoms with van der Waals surface area (Å²) in [5.41, 5.74) is -0.478. The molecule has 0 bridgehead atoms. The van der Waals surface area contributed by atoms with E-state index in [2.05, 4.69) is 0 Å². The summed E-state index contributed by atoms with van der Waals surface area (Å²) in [6.07, 6.45) is 1.77. The molecule has 0 aromatic carbocycles. The van der Waals surface area contributed by atoms with Crippen LogP contribution in [0.5, 0.6) is 5.88 Å². The molecule has 0 radical (unpaired) electrons. The van der Waals surface area contributed by atoms with Gasteiger partial charge in [0.15, 0.2) is 0 Å². The van der Waals surface area contributed by atoms with Gasteiger partial charge in [0, 0.05) is 13.2 Å². The van der Waals surface area contributed by atoms with Gasteiger partial charge in [-0.1, -0.05) is 0 Å². The minimum atomic E-state index is -0.594.